The lowest BCUT2D eigenvalue weighted by molar-refractivity contribution is 0.102. The normalized spacial score (nSPS) is 10.3. The number of benzene rings is 1. The van der Waals surface area contributed by atoms with Crippen molar-refractivity contribution in [3.63, 3.8) is 0 Å². The molecule has 0 fully saturated rings. The molecule has 88 valence electrons. The molecule has 1 aromatic heterocycles. The molecule has 17 heavy (non-hydrogen) atoms. The van der Waals surface area contributed by atoms with Crippen LogP contribution in [0.15, 0.2) is 34.1 Å². The summed E-state index contributed by atoms with van der Waals surface area (Å²) in [5, 5.41) is 4.80. The van der Waals surface area contributed by atoms with Crippen molar-refractivity contribution in [3.8, 4) is 0 Å². The first kappa shape index (κ1) is 12.3. The van der Waals surface area contributed by atoms with Gasteiger partial charge in [0, 0.05) is 14.7 Å². The highest BCUT2D eigenvalue weighted by atomic mass is 79.9. The lowest BCUT2D eigenvalue weighted by Crippen LogP contribution is -2.12. The average Bonchev–Trinajstić information content (AvgIpc) is 2.63. The highest BCUT2D eigenvalue weighted by molar-refractivity contribution is 9.10. The van der Waals surface area contributed by atoms with Crippen molar-refractivity contribution in [1.82, 2.24) is 0 Å². The monoisotopic (exact) mass is 309 g/mol. The minimum Gasteiger partial charge on any atom is -0.321 e. The molecule has 2 rings (SSSR count). The summed E-state index contributed by atoms with van der Waals surface area (Å²) < 4.78 is 0.887. The van der Waals surface area contributed by atoms with Crippen LogP contribution in [0.2, 0.25) is 0 Å². The molecule has 1 N–H and O–H groups in total. The van der Waals surface area contributed by atoms with Gasteiger partial charge >= 0.3 is 0 Å². The van der Waals surface area contributed by atoms with E-state index in [1.807, 2.05) is 43.5 Å². The maximum atomic E-state index is 12.1. The van der Waals surface area contributed by atoms with Crippen molar-refractivity contribution < 1.29 is 4.79 Å². The number of halogens is 1. The summed E-state index contributed by atoms with van der Waals surface area (Å²) >= 11 is 5.01. The minimum atomic E-state index is -0.0567. The van der Waals surface area contributed by atoms with E-state index >= 15 is 0 Å². The number of carbonyl (C=O) groups is 1. The Hall–Kier alpha value is -1.13. The molecule has 0 saturated carbocycles. The highest BCUT2D eigenvalue weighted by Crippen LogP contribution is 2.25. The van der Waals surface area contributed by atoms with E-state index in [0.29, 0.717) is 0 Å². The van der Waals surface area contributed by atoms with Crippen molar-refractivity contribution in [3.05, 3.63) is 50.1 Å². The zero-order chi connectivity index (χ0) is 12.4. The summed E-state index contributed by atoms with van der Waals surface area (Å²) in [7, 11) is 0. The van der Waals surface area contributed by atoms with Crippen molar-refractivity contribution in [2.24, 2.45) is 0 Å². The van der Waals surface area contributed by atoms with Gasteiger partial charge in [0.25, 0.3) is 5.91 Å². The number of aryl methyl sites for hydroxylation is 1. The molecule has 0 radical (unpaired) electrons. The molecule has 2 nitrogen and oxygen atoms in total. The van der Waals surface area contributed by atoms with E-state index in [9.17, 15) is 4.79 Å². The fourth-order valence-electron chi connectivity index (χ4n) is 1.49. The Kier molecular flexibility index (Phi) is 3.64. The molecule has 4 heteroatoms. The Morgan fingerprint density at radius 3 is 2.59 bits per heavy atom. The number of carbonyl (C=O) groups excluding carboxylic acids is 1. The Morgan fingerprint density at radius 1 is 1.29 bits per heavy atom. The third kappa shape index (κ3) is 2.58. The second-order valence-corrected chi connectivity index (χ2v) is 5.70. The average molecular weight is 310 g/mol. The quantitative estimate of drug-likeness (QED) is 0.876. The van der Waals surface area contributed by atoms with Gasteiger partial charge in [0.2, 0.25) is 0 Å². The number of anilines is 1. The van der Waals surface area contributed by atoms with Crippen LogP contribution in [0.25, 0.3) is 0 Å². The van der Waals surface area contributed by atoms with Gasteiger partial charge in [-0.25, -0.2) is 0 Å². The van der Waals surface area contributed by atoms with Gasteiger partial charge in [-0.3, -0.25) is 4.79 Å². The van der Waals surface area contributed by atoms with Crippen molar-refractivity contribution >= 4 is 38.9 Å². The summed E-state index contributed by atoms with van der Waals surface area (Å²) in [6.45, 7) is 4.00. The molecule has 0 bridgehead atoms. The van der Waals surface area contributed by atoms with Crippen molar-refractivity contribution in [2.75, 3.05) is 5.32 Å². The van der Waals surface area contributed by atoms with Gasteiger partial charge in [-0.05, 0) is 47.5 Å². The van der Waals surface area contributed by atoms with Crippen molar-refractivity contribution in [1.29, 1.82) is 0 Å². The van der Waals surface area contributed by atoms with Crippen LogP contribution in [0.5, 0.6) is 0 Å². The van der Waals surface area contributed by atoms with Gasteiger partial charge in [-0.1, -0.05) is 12.1 Å². The smallest absolute Gasteiger partial charge is 0.256 e. The topological polar surface area (TPSA) is 29.1 Å². The fourth-order valence-corrected chi connectivity index (χ4v) is 2.74. The third-order valence-electron chi connectivity index (χ3n) is 2.65. The van der Waals surface area contributed by atoms with Crippen molar-refractivity contribution in [2.45, 2.75) is 13.8 Å². The Labute approximate surface area is 113 Å². The lowest BCUT2D eigenvalue weighted by Gasteiger charge is -2.06. The van der Waals surface area contributed by atoms with E-state index in [1.165, 1.54) is 4.88 Å². The van der Waals surface area contributed by atoms with E-state index in [-0.39, 0.29) is 5.91 Å². The van der Waals surface area contributed by atoms with E-state index in [4.69, 9.17) is 0 Å². The number of nitrogens with one attached hydrogen (secondary N) is 1. The first-order chi connectivity index (χ1) is 8.09. The molecule has 0 aliphatic heterocycles. The molecule has 2 aromatic rings. The molecule has 1 heterocycles. The van der Waals surface area contributed by atoms with E-state index in [2.05, 4.69) is 21.2 Å². The molecular formula is C13H12BrNOS. The van der Waals surface area contributed by atoms with Crippen LogP contribution < -0.4 is 5.32 Å². The first-order valence-electron chi connectivity index (χ1n) is 5.20. The Balaban J connectivity index is 2.23. The van der Waals surface area contributed by atoms with Crippen LogP contribution >= 0.6 is 27.3 Å². The van der Waals surface area contributed by atoms with Gasteiger partial charge in [0.1, 0.15) is 0 Å². The summed E-state index contributed by atoms with van der Waals surface area (Å²) in [4.78, 5) is 13.3. The molecular weight excluding hydrogens is 298 g/mol. The third-order valence-corrected chi connectivity index (χ3v) is 4.36. The molecule has 0 spiro atoms. The summed E-state index contributed by atoms with van der Waals surface area (Å²) in [6, 6.07) is 7.59. The largest absolute Gasteiger partial charge is 0.321 e. The maximum absolute atomic E-state index is 12.1. The van der Waals surface area contributed by atoms with Gasteiger partial charge in [0.15, 0.2) is 0 Å². The van der Waals surface area contributed by atoms with Crippen LogP contribution in [-0.4, -0.2) is 5.91 Å². The number of para-hydroxylation sites is 1. The summed E-state index contributed by atoms with van der Waals surface area (Å²) in [5.41, 5.74) is 2.60. The summed E-state index contributed by atoms with van der Waals surface area (Å²) in [5.74, 6) is -0.0567. The Morgan fingerprint density at radius 2 is 2.00 bits per heavy atom. The second-order valence-electron chi connectivity index (χ2n) is 3.76. The number of thiophene rings is 1. The molecule has 0 saturated heterocycles. The van der Waals surface area contributed by atoms with Crippen LogP contribution in [0.3, 0.4) is 0 Å². The number of rotatable bonds is 2. The van der Waals surface area contributed by atoms with E-state index in [0.717, 1.165) is 21.3 Å². The van der Waals surface area contributed by atoms with E-state index < -0.39 is 0 Å². The van der Waals surface area contributed by atoms with Gasteiger partial charge in [-0.2, -0.15) is 0 Å². The predicted octanol–water partition coefficient (Wildman–Crippen LogP) is 4.38. The SMILES string of the molecule is Cc1scc(C(=O)Nc2ccccc2Br)c1C. The number of hydrogen-bond donors (Lipinski definition) is 1. The number of hydrogen-bond acceptors (Lipinski definition) is 2. The van der Waals surface area contributed by atoms with Gasteiger partial charge in [0.05, 0.1) is 11.3 Å². The van der Waals surface area contributed by atoms with Crippen LogP contribution in [-0.2, 0) is 0 Å². The highest BCUT2D eigenvalue weighted by Gasteiger charge is 2.13. The molecule has 0 atom stereocenters. The fraction of sp³-hybridized carbons (Fsp3) is 0.154. The molecule has 1 aromatic carbocycles. The molecule has 1 amide bonds. The molecule has 0 aliphatic carbocycles. The lowest BCUT2D eigenvalue weighted by atomic mass is 10.1. The first-order valence-corrected chi connectivity index (χ1v) is 6.87. The zero-order valence-electron chi connectivity index (χ0n) is 9.58. The zero-order valence-corrected chi connectivity index (χ0v) is 12.0. The van der Waals surface area contributed by atoms with Crippen LogP contribution in [0, 0.1) is 13.8 Å². The van der Waals surface area contributed by atoms with E-state index in [1.54, 1.807) is 11.3 Å². The number of amides is 1. The minimum absolute atomic E-state index is 0.0567. The predicted molar refractivity (Wildman–Crippen MR) is 75.9 cm³/mol. The Bertz CT molecular complexity index is 562. The molecule has 0 aliphatic rings. The maximum Gasteiger partial charge on any atom is 0.256 e. The standard InChI is InChI=1S/C13H12BrNOS/c1-8-9(2)17-7-10(8)13(16)15-12-6-4-3-5-11(12)14/h3-7H,1-2H3,(H,15,16). The molecule has 0 unspecified atom stereocenters. The van der Waals surface area contributed by atoms with Crippen LogP contribution in [0.4, 0.5) is 5.69 Å². The van der Waals surface area contributed by atoms with Gasteiger partial charge < -0.3 is 5.32 Å². The van der Waals surface area contributed by atoms with Gasteiger partial charge in [-0.15, -0.1) is 11.3 Å². The summed E-state index contributed by atoms with van der Waals surface area (Å²) in [6.07, 6.45) is 0. The second kappa shape index (κ2) is 5.02. The van der Waals surface area contributed by atoms with Crippen LogP contribution in [0.1, 0.15) is 20.8 Å².